The maximum absolute atomic E-state index is 10.2. The van der Waals surface area contributed by atoms with Crippen LogP contribution in [0, 0.1) is 0 Å². The molecule has 2 atom stereocenters. The second kappa shape index (κ2) is 7.03. The first-order valence-corrected chi connectivity index (χ1v) is 8.16. The van der Waals surface area contributed by atoms with Crippen molar-refractivity contribution in [2.75, 3.05) is 6.54 Å². The topological polar surface area (TPSA) is 54.2 Å². The summed E-state index contributed by atoms with van der Waals surface area (Å²) in [6.07, 6.45) is 6.10. The first kappa shape index (κ1) is 15.2. The molecule has 1 fully saturated rings. The summed E-state index contributed by atoms with van der Waals surface area (Å²) in [7, 11) is 0. The molecule has 0 amide bonds. The lowest BCUT2D eigenvalue weighted by molar-refractivity contribution is 0.0177. The fourth-order valence-corrected chi connectivity index (χ4v) is 3.27. The van der Waals surface area contributed by atoms with Crippen LogP contribution in [0.3, 0.4) is 0 Å². The summed E-state index contributed by atoms with van der Waals surface area (Å²) in [5.41, 5.74) is 1.96. The summed E-state index contributed by atoms with van der Waals surface area (Å²) in [5, 5.41) is 18.8. The van der Waals surface area contributed by atoms with Crippen LogP contribution in [-0.2, 0) is 6.54 Å². The van der Waals surface area contributed by atoms with E-state index in [0.717, 1.165) is 43.7 Å². The summed E-state index contributed by atoms with van der Waals surface area (Å²) in [5.74, 6) is 0. The quantitative estimate of drug-likeness (QED) is 0.921. The molecule has 1 heterocycles. The molecule has 0 bridgehead atoms. The zero-order valence-corrected chi connectivity index (χ0v) is 13.1. The lowest BCUT2D eigenvalue weighted by Gasteiger charge is -2.36. The summed E-state index contributed by atoms with van der Waals surface area (Å²) >= 11 is 0. The fraction of sp³-hybridized carbons (Fsp3) is 0.529. The molecule has 3 rings (SSSR count). The molecular weight excluding hydrogens is 276 g/mol. The third-order valence-corrected chi connectivity index (χ3v) is 4.50. The van der Waals surface area contributed by atoms with Crippen molar-refractivity contribution in [1.82, 2.24) is 19.9 Å². The third kappa shape index (κ3) is 3.36. The largest absolute Gasteiger partial charge is 0.391 e. The van der Waals surface area contributed by atoms with Gasteiger partial charge in [-0.2, -0.15) is 0 Å². The van der Waals surface area contributed by atoms with Crippen LogP contribution in [-0.4, -0.2) is 43.7 Å². The number of rotatable bonds is 5. The molecule has 118 valence electrons. The first-order valence-electron chi connectivity index (χ1n) is 8.16. The Bertz CT molecular complexity index is 583. The monoisotopic (exact) mass is 300 g/mol. The molecule has 1 aliphatic rings. The average molecular weight is 300 g/mol. The molecule has 1 N–H and O–H groups in total. The van der Waals surface area contributed by atoms with E-state index in [0.29, 0.717) is 0 Å². The van der Waals surface area contributed by atoms with Crippen LogP contribution in [0.5, 0.6) is 0 Å². The van der Waals surface area contributed by atoms with Crippen molar-refractivity contribution in [3.63, 3.8) is 0 Å². The second-order valence-electron chi connectivity index (χ2n) is 5.97. The van der Waals surface area contributed by atoms with Crippen LogP contribution in [0.1, 0.15) is 38.3 Å². The van der Waals surface area contributed by atoms with Gasteiger partial charge >= 0.3 is 0 Å². The highest BCUT2D eigenvalue weighted by Crippen LogP contribution is 2.24. The molecule has 2 unspecified atom stereocenters. The SMILES string of the molecule is CCN(Cc1cn(-c2ccccc2)nn1)C1CCCCC1O. The number of nitrogens with zero attached hydrogens (tertiary/aromatic N) is 4. The Morgan fingerprint density at radius 3 is 2.73 bits per heavy atom. The summed E-state index contributed by atoms with van der Waals surface area (Å²) in [6.45, 7) is 3.80. The van der Waals surface area contributed by atoms with Crippen molar-refractivity contribution < 1.29 is 5.11 Å². The Hall–Kier alpha value is -1.72. The van der Waals surface area contributed by atoms with Gasteiger partial charge < -0.3 is 5.11 Å². The summed E-state index contributed by atoms with van der Waals surface area (Å²) < 4.78 is 1.81. The number of para-hydroxylation sites is 1. The molecular formula is C17H24N4O. The van der Waals surface area contributed by atoms with Crippen LogP contribution < -0.4 is 0 Å². The molecule has 0 radical (unpaired) electrons. The van der Waals surface area contributed by atoms with Gasteiger partial charge in [0.05, 0.1) is 23.7 Å². The number of likely N-dealkylation sites (N-methyl/N-ethyl adjacent to an activating group) is 1. The highest BCUT2D eigenvalue weighted by molar-refractivity contribution is 5.29. The van der Waals surface area contributed by atoms with E-state index in [9.17, 15) is 5.11 Å². The minimum absolute atomic E-state index is 0.210. The van der Waals surface area contributed by atoms with Gasteiger partial charge in [-0.3, -0.25) is 4.90 Å². The minimum Gasteiger partial charge on any atom is -0.391 e. The van der Waals surface area contributed by atoms with Gasteiger partial charge in [0.25, 0.3) is 0 Å². The molecule has 22 heavy (non-hydrogen) atoms. The predicted molar refractivity (Wildman–Crippen MR) is 85.7 cm³/mol. The van der Waals surface area contributed by atoms with Crippen LogP contribution in [0.4, 0.5) is 0 Å². The molecule has 1 aromatic heterocycles. The van der Waals surface area contributed by atoms with Crippen molar-refractivity contribution >= 4 is 0 Å². The lowest BCUT2D eigenvalue weighted by atomic mass is 9.91. The molecule has 1 aliphatic carbocycles. The molecule has 1 aromatic carbocycles. The normalized spacial score (nSPS) is 22.1. The van der Waals surface area contributed by atoms with E-state index in [2.05, 4.69) is 22.1 Å². The van der Waals surface area contributed by atoms with E-state index in [4.69, 9.17) is 0 Å². The van der Waals surface area contributed by atoms with E-state index in [1.807, 2.05) is 36.5 Å². The van der Waals surface area contributed by atoms with Crippen molar-refractivity contribution in [1.29, 1.82) is 0 Å². The smallest absolute Gasteiger partial charge is 0.0971 e. The highest BCUT2D eigenvalue weighted by atomic mass is 16.3. The Labute approximate surface area is 131 Å². The lowest BCUT2D eigenvalue weighted by Crippen LogP contribution is -2.45. The summed E-state index contributed by atoms with van der Waals surface area (Å²) in [4.78, 5) is 2.32. The van der Waals surface area contributed by atoms with Gasteiger partial charge in [0.15, 0.2) is 0 Å². The fourth-order valence-electron chi connectivity index (χ4n) is 3.27. The van der Waals surface area contributed by atoms with E-state index in [-0.39, 0.29) is 12.1 Å². The Balaban J connectivity index is 1.70. The van der Waals surface area contributed by atoms with E-state index in [1.54, 1.807) is 4.68 Å². The minimum atomic E-state index is -0.210. The van der Waals surface area contributed by atoms with E-state index >= 15 is 0 Å². The second-order valence-corrected chi connectivity index (χ2v) is 5.97. The van der Waals surface area contributed by atoms with Crippen molar-refractivity contribution in [3.05, 3.63) is 42.2 Å². The molecule has 5 heteroatoms. The highest BCUT2D eigenvalue weighted by Gasteiger charge is 2.28. The van der Waals surface area contributed by atoms with Crippen molar-refractivity contribution in [2.24, 2.45) is 0 Å². The van der Waals surface area contributed by atoms with Gasteiger partial charge in [-0.25, -0.2) is 4.68 Å². The van der Waals surface area contributed by atoms with Gasteiger partial charge in [0.1, 0.15) is 0 Å². The van der Waals surface area contributed by atoms with Gasteiger partial charge in [-0.1, -0.05) is 43.2 Å². The number of aliphatic hydroxyl groups excluding tert-OH is 1. The van der Waals surface area contributed by atoms with Crippen molar-refractivity contribution in [3.8, 4) is 5.69 Å². The number of aliphatic hydroxyl groups is 1. The third-order valence-electron chi connectivity index (χ3n) is 4.50. The average Bonchev–Trinajstić information content (AvgIpc) is 3.03. The van der Waals surface area contributed by atoms with E-state index < -0.39 is 0 Å². The Morgan fingerprint density at radius 1 is 1.23 bits per heavy atom. The van der Waals surface area contributed by atoms with Gasteiger partial charge in [-0.05, 0) is 31.5 Å². The van der Waals surface area contributed by atoms with E-state index in [1.165, 1.54) is 6.42 Å². The Kier molecular flexibility index (Phi) is 4.85. The molecule has 0 aliphatic heterocycles. The molecule has 0 spiro atoms. The number of hydrogen-bond donors (Lipinski definition) is 1. The van der Waals surface area contributed by atoms with Crippen molar-refractivity contribution in [2.45, 2.75) is 51.3 Å². The predicted octanol–water partition coefficient (Wildman–Crippen LogP) is 2.39. The van der Waals surface area contributed by atoms with Crippen LogP contribution in [0.25, 0.3) is 5.69 Å². The van der Waals surface area contributed by atoms with Gasteiger partial charge in [-0.15, -0.1) is 5.10 Å². The Morgan fingerprint density at radius 2 is 2.00 bits per heavy atom. The molecule has 5 nitrogen and oxygen atoms in total. The number of aromatic nitrogens is 3. The van der Waals surface area contributed by atoms with Crippen LogP contribution in [0.2, 0.25) is 0 Å². The molecule has 1 saturated carbocycles. The number of hydrogen-bond acceptors (Lipinski definition) is 4. The van der Waals surface area contributed by atoms with Gasteiger partial charge in [0, 0.05) is 12.6 Å². The maximum atomic E-state index is 10.2. The standard InChI is InChI=1S/C17H24N4O/c1-2-20(16-10-6-7-11-17(16)22)12-14-13-21(19-18-14)15-8-4-3-5-9-15/h3-5,8-9,13,16-17,22H,2,6-7,10-12H2,1H3. The summed E-state index contributed by atoms with van der Waals surface area (Å²) in [6, 6.07) is 10.3. The molecule has 0 saturated heterocycles. The van der Waals surface area contributed by atoms with Gasteiger partial charge in [0.2, 0.25) is 0 Å². The number of benzene rings is 1. The zero-order valence-electron chi connectivity index (χ0n) is 13.1. The van der Waals surface area contributed by atoms with Crippen LogP contribution in [0.15, 0.2) is 36.5 Å². The molecule has 2 aromatic rings. The zero-order chi connectivity index (χ0) is 15.4. The van der Waals surface area contributed by atoms with Crippen LogP contribution >= 0.6 is 0 Å². The maximum Gasteiger partial charge on any atom is 0.0971 e. The first-order chi connectivity index (χ1) is 10.8.